The fourth-order valence-corrected chi connectivity index (χ4v) is 2.29. The Morgan fingerprint density at radius 1 is 1.39 bits per heavy atom. The molecule has 0 saturated heterocycles. The predicted octanol–water partition coefficient (Wildman–Crippen LogP) is 2.04. The molecule has 4 nitrogen and oxygen atoms in total. The highest BCUT2D eigenvalue weighted by atomic mass is 16.5. The zero-order valence-corrected chi connectivity index (χ0v) is 12.9. The van der Waals surface area contributed by atoms with Gasteiger partial charge in [-0.3, -0.25) is 10.1 Å². The van der Waals surface area contributed by atoms with E-state index < -0.39 is 5.54 Å². The summed E-state index contributed by atoms with van der Waals surface area (Å²) in [6.45, 7) is 10.3. The Balaban J connectivity index is 4.29. The van der Waals surface area contributed by atoms with Crippen molar-refractivity contribution in [3.05, 3.63) is 0 Å². The maximum atomic E-state index is 11.9. The average molecular weight is 258 g/mol. The molecule has 0 rings (SSSR count). The van der Waals surface area contributed by atoms with Gasteiger partial charge < -0.3 is 9.64 Å². The number of nitrogens with zero attached hydrogens (tertiary/aromatic N) is 1. The van der Waals surface area contributed by atoms with E-state index in [0.29, 0.717) is 0 Å². The first-order valence-corrected chi connectivity index (χ1v) is 6.90. The van der Waals surface area contributed by atoms with E-state index in [0.717, 1.165) is 32.4 Å². The second-order valence-corrected chi connectivity index (χ2v) is 5.53. The van der Waals surface area contributed by atoms with Crippen LogP contribution in [0.25, 0.3) is 0 Å². The molecule has 0 fully saturated rings. The summed E-state index contributed by atoms with van der Waals surface area (Å²) in [6.07, 6.45) is 2.95. The molecule has 1 atom stereocenters. The summed E-state index contributed by atoms with van der Waals surface area (Å²) >= 11 is 0. The van der Waals surface area contributed by atoms with Crippen molar-refractivity contribution < 1.29 is 9.53 Å². The summed E-state index contributed by atoms with van der Waals surface area (Å²) in [5.41, 5.74) is -0.573. The van der Waals surface area contributed by atoms with Gasteiger partial charge in [-0.1, -0.05) is 6.92 Å². The van der Waals surface area contributed by atoms with E-state index in [4.69, 9.17) is 4.74 Å². The van der Waals surface area contributed by atoms with Crippen LogP contribution in [0.15, 0.2) is 0 Å². The third kappa shape index (κ3) is 6.36. The van der Waals surface area contributed by atoms with Crippen LogP contribution in [0.5, 0.6) is 0 Å². The highest BCUT2D eigenvalue weighted by molar-refractivity contribution is 5.80. The molecule has 0 aliphatic carbocycles. The van der Waals surface area contributed by atoms with E-state index in [9.17, 15) is 4.79 Å². The second-order valence-electron chi connectivity index (χ2n) is 5.53. The normalized spacial score (nSPS) is 14.9. The summed E-state index contributed by atoms with van der Waals surface area (Å²) in [6, 6.07) is 0.266. The largest absolute Gasteiger partial charge is 0.468 e. The quantitative estimate of drug-likeness (QED) is 0.643. The second kappa shape index (κ2) is 8.48. The Hall–Kier alpha value is -0.610. The Bertz CT molecular complexity index is 244. The molecule has 0 aromatic rings. The summed E-state index contributed by atoms with van der Waals surface area (Å²) < 4.78 is 4.91. The van der Waals surface area contributed by atoms with Crippen LogP contribution in [0.3, 0.4) is 0 Å². The maximum Gasteiger partial charge on any atom is 0.325 e. The highest BCUT2D eigenvalue weighted by Crippen LogP contribution is 2.16. The van der Waals surface area contributed by atoms with Crippen molar-refractivity contribution in [2.75, 3.05) is 27.2 Å². The van der Waals surface area contributed by atoms with Crippen molar-refractivity contribution in [2.45, 2.75) is 58.5 Å². The highest BCUT2D eigenvalue weighted by Gasteiger charge is 2.34. The van der Waals surface area contributed by atoms with Crippen LogP contribution < -0.4 is 5.32 Å². The third-order valence-corrected chi connectivity index (χ3v) is 3.07. The van der Waals surface area contributed by atoms with E-state index in [1.54, 1.807) is 0 Å². The first kappa shape index (κ1) is 17.4. The Kier molecular flexibility index (Phi) is 8.20. The average Bonchev–Trinajstić information content (AvgIpc) is 2.27. The number of carbonyl (C=O) groups is 1. The van der Waals surface area contributed by atoms with Crippen molar-refractivity contribution in [1.29, 1.82) is 0 Å². The molecule has 4 heteroatoms. The Morgan fingerprint density at radius 3 is 2.44 bits per heavy atom. The molecule has 0 saturated carbocycles. The fourth-order valence-electron chi connectivity index (χ4n) is 2.29. The predicted molar refractivity (Wildman–Crippen MR) is 75.7 cm³/mol. The number of methoxy groups -OCH3 is 1. The lowest BCUT2D eigenvalue weighted by Crippen LogP contribution is -2.53. The van der Waals surface area contributed by atoms with Crippen LogP contribution in [-0.4, -0.2) is 49.7 Å². The Morgan fingerprint density at radius 2 is 2.00 bits per heavy atom. The molecule has 0 amide bonds. The molecule has 0 aliphatic heterocycles. The standard InChI is InChI=1S/C14H30N2O2/c1-7-10-16(5)11-8-9-14(4,13(17)18-6)15-12(2)3/h12,15H,7-11H2,1-6H3. The summed E-state index contributed by atoms with van der Waals surface area (Å²) in [7, 11) is 3.57. The summed E-state index contributed by atoms with van der Waals surface area (Å²) in [5.74, 6) is -0.172. The molecule has 18 heavy (non-hydrogen) atoms. The molecule has 0 radical (unpaired) electrons. The fraction of sp³-hybridized carbons (Fsp3) is 0.929. The van der Waals surface area contributed by atoms with Gasteiger partial charge in [-0.25, -0.2) is 0 Å². The van der Waals surface area contributed by atoms with Gasteiger partial charge in [-0.15, -0.1) is 0 Å². The lowest BCUT2D eigenvalue weighted by molar-refractivity contribution is -0.148. The van der Waals surface area contributed by atoms with Crippen LogP contribution >= 0.6 is 0 Å². The van der Waals surface area contributed by atoms with Gasteiger partial charge in [0.15, 0.2) is 0 Å². The molecule has 0 aromatic heterocycles. The first-order valence-electron chi connectivity index (χ1n) is 6.90. The van der Waals surface area contributed by atoms with Crippen molar-refractivity contribution in [3.8, 4) is 0 Å². The van der Waals surface area contributed by atoms with E-state index in [-0.39, 0.29) is 12.0 Å². The molecular weight excluding hydrogens is 228 g/mol. The van der Waals surface area contributed by atoms with E-state index in [1.165, 1.54) is 7.11 Å². The minimum Gasteiger partial charge on any atom is -0.468 e. The molecule has 0 bridgehead atoms. The molecule has 0 aliphatic rings. The van der Waals surface area contributed by atoms with Gasteiger partial charge >= 0.3 is 5.97 Å². The smallest absolute Gasteiger partial charge is 0.325 e. The number of nitrogens with one attached hydrogen (secondary N) is 1. The van der Waals surface area contributed by atoms with Crippen molar-refractivity contribution in [3.63, 3.8) is 0 Å². The zero-order valence-electron chi connectivity index (χ0n) is 12.9. The van der Waals surface area contributed by atoms with Gasteiger partial charge in [0.2, 0.25) is 0 Å². The Labute approximate surface area is 112 Å². The molecule has 0 aromatic carbocycles. The minimum absolute atomic E-state index is 0.172. The van der Waals surface area contributed by atoms with Gasteiger partial charge in [0.1, 0.15) is 5.54 Å². The molecule has 1 N–H and O–H groups in total. The topological polar surface area (TPSA) is 41.6 Å². The molecule has 0 heterocycles. The molecular formula is C14H30N2O2. The van der Waals surface area contributed by atoms with Crippen molar-refractivity contribution in [2.24, 2.45) is 0 Å². The van der Waals surface area contributed by atoms with Crippen LogP contribution in [0, 0.1) is 0 Å². The summed E-state index contributed by atoms with van der Waals surface area (Å²) in [5, 5.41) is 3.32. The van der Waals surface area contributed by atoms with E-state index in [2.05, 4.69) is 24.2 Å². The molecule has 1 unspecified atom stereocenters. The van der Waals surface area contributed by atoms with Crippen LogP contribution in [0.4, 0.5) is 0 Å². The van der Waals surface area contributed by atoms with Gasteiger partial charge in [-0.05, 0) is 60.2 Å². The molecule has 108 valence electrons. The van der Waals surface area contributed by atoms with Gasteiger partial charge in [0, 0.05) is 6.04 Å². The van der Waals surface area contributed by atoms with Gasteiger partial charge in [0.05, 0.1) is 7.11 Å². The maximum absolute atomic E-state index is 11.9. The summed E-state index contributed by atoms with van der Waals surface area (Å²) in [4.78, 5) is 14.2. The van der Waals surface area contributed by atoms with Crippen molar-refractivity contribution >= 4 is 5.97 Å². The lowest BCUT2D eigenvalue weighted by Gasteiger charge is -2.30. The SMILES string of the molecule is CCCN(C)CCCC(C)(NC(C)C)C(=O)OC. The third-order valence-electron chi connectivity index (χ3n) is 3.07. The van der Waals surface area contributed by atoms with Crippen molar-refractivity contribution in [1.82, 2.24) is 10.2 Å². The number of carbonyl (C=O) groups excluding carboxylic acids is 1. The monoisotopic (exact) mass is 258 g/mol. The van der Waals surface area contributed by atoms with Crippen LogP contribution in [0.2, 0.25) is 0 Å². The number of rotatable bonds is 9. The van der Waals surface area contributed by atoms with E-state index in [1.807, 2.05) is 20.8 Å². The molecule has 0 spiro atoms. The zero-order chi connectivity index (χ0) is 14.2. The van der Waals surface area contributed by atoms with Crippen LogP contribution in [0.1, 0.15) is 47.0 Å². The lowest BCUT2D eigenvalue weighted by atomic mass is 9.94. The number of hydrogen-bond acceptors (Lipinski definition) is 4. The minimum atomic E-state index is -0.573. The number of hydrogen-bond donors (Lipinski definition) is 1. The van der Waals surface area contributed by atoms with Crippen LogP contribution in [-0.2, 0) is 9.53 Å². The number of esters is 1. The van der Waals surface area contributed by atoms with Gasteiger partial charge in [0.25, 0.3) is 0 Å². The number of ether oxygens (including phenoxy) is 1. The van der Waals surface area contributed by atoms with Gasteiger partial charge in [-0.2, -0.15) is 0 Å². The van der Waals surface area contributed by atoms with E-state index >= 15 is 0 Å². The first-order chi connectivity index (χ1) is 8.35.